The van der Waals surface area contributed by atoms with Crippen molar-refractivity contribution in [1.29, 1.82) is 0 Å². The monoisotopic (exact) mass is 471 g/mol. The summed E-state index contributed by atoms with van der Waals surface area (Å²) in [6.45, 7) is 6.50. The third kappa shape index (κ3) is 6.34. The summed E-state index contributed by atoms with van der Waals surface area (Å²) in [5.41, 5.74) is 4.28. The van der Waals surface area contributed by atoms with Crippen molar-refractivity contribution in [2.24, 2.45) is 5.92 Å². The van der Waals surface area contributed by atoms with Gasteiger partial charge in [-0.2, -0.15) is 0 Å². The second kappa shape index (κ2) is 10.5. The Morgan fingerprint density at radius 2 is 1.85 bits per heavy atom. The van der Waals surface area contributed by atoms with Gasteiger partial charge in [0.25, 0.3) is 0 Å². The van der Waals surface area contributed by atoms with Crippen LogP contribution in [0.25, 0.3) is 0 Å². The first kappa shape index (κ1) is 24.2. The summed E-state index contributed by atoms with van der Waals surface area (Å²) in [4.78, 5) is 6.73. The highest BCUT2D eigenvalue weighted by Gasteiger charge is 2.33. The fourth-order valence-corrected chi connectivity index (χ4v) is 6.26. The first-order valence-electron chi connectivity index (χ1n) is 12.1. The summed E-state index contributed by atoms with van der Waals surface area (Å²) >= 11 is 0. The third-order valence-corrected chi connectivity index (χ3v) is 8.11. The van der Waals surface area contributed by atoms with Crippen molar-refractivity contribution in [3.8, 4) is 0 Å². The van der Waals surface area contributed by atoms with Crippen LogP contribution in [-0.4, -0.2) is 51.5 Å². The molecular formula is C26H37N3O3S. The van der Waals surface area contributed by atoms with Crippen LogP contribution in [0.15, 0.2) is 42.6 Å². The molecule has 0 amide bonds. The van der Waals surface area contributed by atoms with E-state index < -0.39 is 10.0 Å². The lowest BCUT2D eigenvalue weighted by Crippen LogP contribution is -2.52. The normalized spacial score (nSPS) is 26.3. The number of benzene rings is 1. The van der Waals surface area contributed by atoms with Crippen LogP contribution in [0, 0.1) is 19.8 Å². The number of anilines is 1. The third-order valence-electron chi connectivity index (χ3n) is 7.38. The number of piperidine rings is 1. The largest absolute Gasteiger partial charge is 0.378 e. The van der Waals surface area contributed by atoms with Crippen LogP contribution in [-0.2, 0) is 14.8 Å². The van der Waals surface area contributed by atoms with Crippen LogP contribution in [0.1, 0.15) is 54.7 Å². The molecule has 2 heterocycles. The van der Waals surface area contributed by atoms with Gasteiger partial charge in [-0.1, -0.05) is 24.3 Å². The van der Waals surface area contributed by atoms with Gasteiger partial charge in [0, 0.05) is 31.2 Å². The van der Waals surface area contributed by atoms with E-state index in [0.717, 1.165) is 51.0 Å². The fourth-order valence-electron chi connectivity index (χ4n) is 5.40. The quantitative estimate of drug-likeness (QED) is 0.656. The number of ether oxygens (including phenoxy) is 1. The topological polar surface area (TPSA) is 71.5 Å². The number of nitrogens with zero attached hydrogens (tertiary/aromatic N) is 2. The number of hydrogen-bond acceptors (Lipinski definition) is 5. The zero-order valence-corrected chi connectivity index (χ0v) is 20.9. The highest BCUT2D eigenvalue weighted by Crippen LogP contribution is 2.36. The van der Waals surface area contributed by atoms with E-state index in [1.54, 1.807) is 6.20 Å². The first-order chi connectivity index (χ1) is 15.8. The van der Waals surface area contributed by atoms with E-state index in [1.807, 2.05) is 18.2 Å². The van der Waals surface area contributed by atoms with E-state index in [-0.39, 0.29) is 18.1 Å². The first-order valence-corrected chi connectivity index (χ1v) is 14.0. The smallest absolute Gasteiger partial charge is 0.208 e. The SMILES string of the molecule is Cc1cccc([C@H]2CC[C@@H](OCC3CN(c4ccccn4)CCC3NS(C)(=O)=O)CC2)c1C. The van der Waals surface area contributed by atoms with Crippen molar-refractivity contribution < 1.29 is 13.2 Å². The van der Waals surface area contributed by atoms with Crippen molar-refractivity contribution >= 4 is 15.8 Å². The van der Waals surface area contributed by atoms with E-state index in [2.05, 4.69) is 46.7 Å². The van der Waals surface area contributed by atoms with Gasteiger partial charge in [0.2, 0.25) is 10.0 Å². The highest BCUT2D eigenvalue weighted by molar-refractivity contribution is 7.88. The maximum Gasteiger partial charge on any atom is 0.208 e. The molecule has 33 heavy (non-hydrogen) atoms. The minimum Gasteiger partial charge on any atom is -0.378 e. The Bertz CT molecular complexity index is 1020. The van der Waals surface area contributed by atoms with E-state index >= 15 is 0 Å². The molecule has 2 aliphatic rings. The van der Waals surface area contributed by atoms with Gasteiger partial charge in [-0.05, 0) is 80.7 Å². The molecule has 2 unspecified atom stereocenters. The molecule has 1 aromatic heterocycles. The Labute approximate surface area is 198 Å². The van der Waals surface area contributed by atoms with Crippen LogP contribution >= 0.6 is 0 Å². The number of nitrogens with one attached hydrogen (secondary N) is 1. The molecule has 2 atom stereocenters. The van der Waals surface area contributed by atoms with E-state index in [9.17, 15) is 8.42 Å². The number of hydrogen-bond donors (Lipinski definition) is 1. The summed E-state index contributed by atoms with van der Waals surface area (Å²) in [5, 5.41) is 0. The van der Waals surface area contributed by atoms with Crippen molar-refractivity contribution in [3.63, 3.8) is 0 Å². The predicted octanol–water partition coefficient (Wildman–Crippen LogP) is 4.19. The fraction of sp³-hybridized carbons (Fsp3) is 0.577. The van der Waals surface area contributed by atoms with Crippen molar-refractivity contribution in [1.82, 2.24) is 9.71 Å². The van der Waals surface area contributed by atoms with Gasteiger partial charge >= 0.3 is 0 Å². The summed E-state index contributed by atoms with van der Waals surface area (Å²) < 4.78 is 33.2. The molecule has 0 radical (unpaired) electrons. The molecule has 7 heteroatoms. The molecule has 1 saturated heterocycles. The molecular weight excluding hydrogens is 434 g/mol. The number of sulfonamides is 1. The molecule has 4 rings (SSSR count). The Hall–Kier alpha value is -1.96. The van der Waals surface area contributed by atoms with Crippen LogP contribution in [0.3, 0.4) is 0 Å². The van der Waals surface area contributed by atoms with Gasteiger partial charge in [0.05, 0.1) is 19.0 Å². The second-order valence-corrected chi connectivity index (χ2v) is 11.6. The van der Waals surface area contributed by atoms with Crippen LogP contribution in [0.4, 0.5) is 5.82 Å². The average Bonchev–Trinajstić information content (AvgIpc) is 2.80. The van der Waals surface area contributed by atoms with Gasteiger partial charge in [-0.3, -0.25) is 0 Å². The van der Waals surface area contributed by atoms with E-state index in [4.69, 9.17) is 4.74 Å². The number of pyridine rings is 1. The molecule has 0 bridgehead atoms. The van der Waals surface area contributed by atoms with Gasteiger partial charge in [-0.15, -0.1) is 0 Å². The molecule has 2 aromatic rings. The average molecular weight is 472 g/mol. The molecule has 1 saturated carbocycles. The summed E-state index contributed by atoms with van der Waals surface area (Å²) in [5.74, 6) is 1.64. The number of aryl methyl sites for hydroxylation is 1. The van der Waals surface area contributed by atoms with Crippen molar-refractivity contribution in [2.75, 3.05) is 30.9 Å². The van der Waals surface area contributed by atoms with E-state index in [0.29, 0.717) is 12.5 Å². The number of rotatable bonds is 7. The van der Waals surface area contributed by atoms with Gasteiger partial charge in [0.15, 0.2) is 0 Å². The lowest BCUT2D eigenvalue weighted by molar-refractivity contribution is -0.00216. The molecule has 1 aliphatic heterocycles. The molecule has 2 fully saturated rings. The lowest BCUT2D eigenvalue weighted by atomic mass is 9.80. The second-order valence-electron chi connectivity index (χ2n) is 9.78. The minimum atomic E-state index is -3.27. The zero-order valence-electron chi connectivity index (χ0n) is 20.0. The van der Waals surface area contributed by atoms with Crippen molar-refractivity contribution in [3.05, 3.63) is 59.3 Å². The zero-order chi connectivity index (χ0) is 23.4. The Morgan fingerprint density at radius 1 is 1.06 bits per heavy atom. The molecule has 180 valence electrons. The van der Waals surface area contributed by atoms with Gasteiger partial charge < -0.3 is 9.64 Å². The van der Waals surface area contributed by atoms with Crippen LogP contribution in [0.2, 0.25) is 0 Å². The molecule has 0 spiro atoms. The molecule has 1 N–H and O–H groups in total. The summed E-state index contributed by atoms with van der Waals surface area (Å²) in [6.07, 6.45) is 8.43. The maximum absolute atomic E-state index is 11.9. The van der Waals surface area contributed by atoms with Gasteiger partial charge in [0.1, 0.15) is 5.82 Å². The van der Waals surface area contributed by atoms with Crippen LogP contribution < -0.4 is 9.62 Å². The number of aromatic nitrogens is 1. The minimum absolute atomic E-state index is 0.0900. The van der Waals surface area contributed by atoms with Crippen LogP contribution in [0.5, 0.6) is 0 Å². The van der Waals surface area contributed by atoms with Gasteiger partial charge in [-0.25, -0.2) is 18.1 Å². The molecule has 6 nitrogen and oxygen atoms in total. The highest BCUT2D eigenvalue weighted by atomic mass is 32.2. The standard InChI is InChI=1S/C26H37N3O3S/c1-19-7-6-8-24(20(19)2)21-10-12-23(13-11-21)32-18-22-17-29(26-9-4-5-15-27-26)16-14-25(22)28-33(3,30)31/h4-9,15,21-23,25,28H,10-14,16-18H2,1-3H3/t21-,22?,23+,25?. The lowest BCUT2D eigenvalue weighted by Gasteiger charge is -2.40. The Kier molecular flexibility index (Phi) is 7.72. The summed E-state index contributed by atoms with van der Waals surface area (Å²) in [7, 11) is -3.27. The van der Waals surface area contributed by atoms with Crippen molar-refractivity contribution in [2.45, 2.75) is 64.0 Å². The summed E-state index contributed by atoms with van der Waals surface area (Å²) in [6, 6.07) is 12.4. The molecule has 1 aliphatic carbocycles. The Balaban J connectivity index is 1.35. The predicted molar refractivity (Wildman–Crippen MR) is 133 cm³/mol. The maximum atomic E-state index is 11.9. The molecule has 1 aromatic carbocycles. The van der Waals surface area contributed by atoms with E-state index in [1.165, 1.54) is 22.9 Å². The Morgan fingerprint density at radius 3 is 2.55 bits per heavy atom.